The predicted octanol–water partition coefficient (Wildman–Crippen LogP) is 2.19. The van der Waals surface area contributed by atoms with E-state index in [2.05, 4.69) is 19.5 Å². The SMILES string of the molecule is Nc1[nH]c(=S)nc2c1ncn2C1CCCC1. The second kappa shape index (κ2) is 3.55. The van der Waals surface area contributed by atoms with Crippen molar-refractivity contribution in [3.05, 3.63) is 11.1 Å². The number of anilines is 1. The summed E-state index contributed by atoms with van der Waals surface area (Å²) in [5.41, 5.74) is 7.37. The van der Waals surface area contributed by atoms with Gasteiger partial charge in [-0.25, -0.2) is 4.98 Å². The van der Waals surface area contributed by atoms with Crippen molar-refractivity contribution in [3.63, 3.8) is 0 Å². The highest BCUT2D eigenvalue weighted by Crippen LogP contribution is 2.31. The van der Waals surface area contributed by atoms with Crippen LogP contribution >= 0.6 is 12.2 Å². The van der Waals surface area contributed by atoms with E-state index < -0.39 is 0 Å². The monoisotopic (exact) mass is 235 g/mol. The van der Waals surface area contributed by atoms with Gasteiger partial charge in [0.25, 0.3) is 0 Å². The molecule has 0 saturated heterocycles. The predicted molar refractivity (Wildman–Crippen MR) is 64.6 cm³/mol. The largest absolute Gasteiger partial charge is 0.383 e. The van der Waals surface area contributed by atoms with Gasteiger partial charge in [-0.3, -0.25) is 0 Å². The summed E-state index contributed by atoms with van der Waals surface area (Å²) in [6.07, 6.45) is 6.77. The molecule has 1 aliphatic rings. The van der Waals surface area contributed by atoms with E-state index in [4.69, 9.17) is 18.0 Å². The number of nitrogens with two attached hydrogens (primary N) is 1. The molecule has 5 nitrogen and oxygen atoms in total. The van der Waals surface area contributed by atoms with Crippen molar-refractivity contribution in [1.29, 1.82) is 0 Å². The summed E-state index contributed by atoms with van der Waals surface area (Å²) in [5.74, 6) is 0.506. The molecule has 0 amide bonds. The van der Waals surface area contributed by atoms with Crippen LogP contribution in [0.5, 0.6) is 0 Å². The summed E-state index contributed by atoms with van der Waals surface area (Å²) in [4.78, 5) is 11.4. The Kier molecular flexibility index (Phi) is 2.17. The van der Waals surface area contributed by atoms with Gasteiger partial charge < -0.3 is 15.3 Å². The molecule has 0 atom stereocenters. The number of rotatable bonds is 1. The lowest BCUT2D eigenvalue weighted by Gasteiger charge is -2.11. The normalized spacial score (nSPS) is 17.2. The minimum absolute atomic E-state index is 0.421. The quantitative estimate of drug-likeness (QED) is 0.743. The highest BCUT2D eigenvalue weighted by Gasteiger charge is 2.20. The van der Waals surface area contributed by atoms with Gasteiger partial charge in [0.2, 0.25) is 0 Å². The number of nitrogen functional groups attached to an aromatic ring is 1. The van der Waals surface area contributed by atoms with Gasteiger partial charge in [-0.2, -0.15) is 4.98 Å². The standard InChI is InChI=1S/C10H13N5S/c11-8-7-9(14-10(16)13-8)15(5-12-7)6-3-1-2-4-6/h5-6H,1-4H2,(H3,11,13,14,16). The van der Waals surface area contributed by atoms with Gasteiger partial charge in [0.1, 0.15) is 11.3 Å². The molecular formula is C10H13N5S. The number of nitrogens with zero attached hydrogens (tertiary/aromatic N) is 3. The molecule has 0 unspecified atom stereocenters. The zero-order chi connectivity index (χ0) is 11.1. The van der Waals surface area contributed by atoms with Crippen LogP contribution in [0.3, 0.4) is 0 Å². The molecule has 2 aromatic rings. The van der Waals surface area contributed by atoms with Gasteiger partial charge in [0, 0.05) is 6.04 Å². The number of nitrogens with one attached hydrogen (secondary N) is 1. The van der Waals surface area contributed by atoms with E-state index in [0.29, 0.717) is 16.6 Å². The molecule has 1 fully saturated rings. The first-order chi connectivity index (χ1) is 7.75. The van der Waals surface area contributed by atoms with Crippen molar-refractivity contribution in [3.8, 4) is 0 Å². The van der Waals surface area contributed by atoms with Crippen molar-refractivity contribution < 1.29 is 0 Å². The van der Waals surface area contributed by atoms with Gasteiger partial charge in [-0.05, 0) is 25.1 Å². The van der Waals surface area contributed by atoms with Crippen LogP contribution in [-0.2, 0) is 0 Å². The number of fused-ring (bicyclic) bond motifs is 1. The average Bonchev–Trinajstić information content (AvgIpc) is 2.83. The van der Waals surface area contributed by atoms with Crippen molar-refractivity contribution in [1.82, 2.24) is 19.5 Å². The number of imidazole rings is 1. The number of H-pyrrole nitrogens is 1. The molecule has 0 aliphatic heterocycles. The summed E-state index contributed by atoms with van der Waals surface area (Å²) in [6.45, 7) is 0. The lowest BCUT2D eigenvalue weighted by Crippen LogP contribution is -2.04. The van der Waals surface area contributed by atoms with E-state index in [-0.39, 0.29) is 0 Å². The van der Waals surface area contributed by atoms with Crippen molar-refractivity contribution in [2.45, 2.75) is 31.7 Å². The number of aromatic amines is 1. The van der Waals surface area contributed by atoms with Crippen molar-refractivity contribution in [2.24, 2.45) is 0 Å². The number of hydrogen-bond donors (Lipinski definition) is 2. The third-order valence-corrected chi connectivity index (χ3v) is 3.38. The van der Waals surface area contributed by atoms with Crippen LogP contribution in [0.4, 0.5) is 5.82 Å². The molecular weight excluding hydrogens is 222 g/mol. The minimum Gasteiger partial charge on any atom is -0.383 e. The Morgan fingerprint density at radius 3 is 2.94 bits per heavy atom. The maximum Gasteiger partial charge on any atom is 0.200 e. The maximum absolute atomic E-state index is 5.83. The molecule has 3 rings (SSSR count). The molecule has 0 bridgehead atoms. The number of hydrogen-bond acceptors (Lipinski definition) is 4. The lowest BCUT2D eigenvalue weighted by atomic mass is 10.2. The first kappa shape index (κ1) is 9.77. The molecule has 1 aliphatic carbocycles. The molecule has 2 heterocycles. The Bertz CT molecular complexity index is 578. The fourth-order valence-corrected chi connectivity index (χ4v) is 2.60. The fraction of sp³-hybridized carbons (Fsp3) is 0.500. The topological polar surface area (TPSA) is 72.5 Å². The maximum atomic E-state index is 5.83. The van der Waals surface area contributed by atoms with Crippen molar-refractivity contribution in [2.75, 3.05) is 5.73 Å². The Balaban J connectivity index is 2.22. The third kappa shape index (κ3) is 1.41. The van der Waals surface area contributed by atoms with E-state index >= 15 is 0 Å². The zero-order valence-corrected chi connectivity index (χ0v) is 9.63. The van der Waals surface area contributed by atoms with E-state index in [1.54, 1.807) is 0 Å². The lowest BCUT2D eigenvalue weighted by molar-refractivity contribution is 0.528. The molecule has 0 spiro atoms. The van der Waals surface area contributed by atoms with Crippen LogP contribution in [-0.4, -0.2) is 19.5 Å². The van der Waals surface area contributed by atoms with Crippen LogP contribution < -0.4 is 5.73 Å². The van der Waals surface area contributed by atoms with Gasteiger partial charge in [-0.1, -0.05) is 12.8 Å². The Hall–Kier alpha value is -1.43. The number of aromatic nitrogens is 4. The highest BCUT2D eigenvalue weighted by molar-refractivity contribution is 7.71. The van der Waals surface area contributed by atoms with Gasteiger partial charge in [0.05, 0.1) is 6.33 Å². The molecule has 3 N–H and O–H groups in total. The zero-order valence-electron chi connectivity index (χ0n) is 8.81. The minimum atomic E-state index is 0.421. The molecule has 2 aromatic heterocycles. The molecule has 1 saturated carbocycles. The van der Waals surface area contributed by atoms with Crippen LogP contribution in [0.1, 0.15) is 31.7 Å². The summed E-state index contributed by atoms with van der Waals surface area (Å²) in [5, 5.41) is 0. The van der Waals surface area contributed by atoms with E-state index in [0.717, 1.165) is 11.2 Å². The first-order valence-electron chi connectivity index (χ1n) is 5.48. The molecule has 84 valence electrons. The Labute approximate surface area is 97.7 Å². The second-order valence-corrected chi connectivity index (χ2v) is 4.60. The Morgan fingerprint density at radius 2 is 2.19 bits per heavy atom. The Morgan fingerprint density at radius 1 is 1.44 bits per heavy atom. The summed E-state index contributed by atoms with van der Waals surface area (Å²) < 4.78 is 2.53. The van der Waals surface area contributed by atoms with Crippen LogP contribution in [0.25, 0.3) is 11.2 Å². The molecule has 6 heteroatoms. The smallest absolute Gasteiger partial charge is 0.200 e. The average molecular weight is 235 g/mol. The van der Waals surface area contributed by atoms with E-state index in [1.807, 2.05) is 6.33 Å². The summed E-state index contributed by atoms with van der Waals surface area (Å²) in [7, 11) is 0. The summed E-state index contributed by atoms with van der Waals surface area (Å²) in [6, 6.07) is 0.508. The third-order valence-electron chi connectivity index (χ3n) is 3.19. The van der Waals surface area contributed by atoms with Gasteiger partial charge in [-0.15, -0.1) is 0 Å². The fourth-order valence-electron chi connectivity index (χ4n) is 2.40. The van der Waals surface area contributed by atoms with Gasteiger partial charge in [0.15, 0.2) is 10.4 Å². The van der Waals surface area contributed by atoms with E-state index in [1.165, 1.54) is 25.7 Å². The summed E-state index contributed by atoms with van der Waals surface area (Å²) >= 11 is 5.04. The molecule has 0 radical (unpaired) electrons. The van der Waals surface area contributed by atoms with E-state index in [9.17, 15) is 0 Å². The highest BCUT2D eigenvalue weighted by atomic mass is 32.1. The van der Waals surface area contributed by atoms with Crippen LogP contribution in [0, 0.1) is 4.77 Å². The van der Waals surface area contributed by atoms with Gasteiger partial charge >= 0.3 is 0 Å². The van der Waals surface area contributed by atoms with Crippen LogP contribution in [0.2, 0.25) is 0 Å². The molecule has 16 heavy (non-hydrogen) atoms. The van der Waals surface area contributed by atoms with Crippen molar-refractivity contribution >= 4 is 29.2 Å². The first-order valence-corrected chi connectivity index (χ1v) is 5.89. The van der Waals surface area contributed by atoms with Crippen LogP contribution in [0.15, 0.2) is 6.33 Å². The second-order valence-electron chi connectivity index (χ2n) is 4.22. The molecule has 0 aromatic carbocycles.